The fourth-order valence-electron chi connectivity index (χ4n) is 1.18. The zero-order valence-electron chi connectivity index (χ0n) is 9.32. The Hall–Kier alpha value is -1.57. The van der Waals surface area contributed by atoms with Crippen molar-refractivity contribution in [1.29, 1.82) is 0 Å². The Morgan fingerprint density at radius 2 is 2.06 bits per heavy atom. The molecule has 0 aliphatic heterocycles. The molecule has 0 spiro atoms. The summed E-state index contributed by atoms with van der Waals surface area (Å²) in [5, 5.41) is 9.55. The molecule has 0 aliphatic rings. The van der Waals surface area contributed by atoms with Crippen LogP contribution >= 0.6 is 11.3 Å². The molecule has 18 heavy (non-hydrogen) atoms. The Kier molecular flexibility index (Phi) is 4.33. The van der Waals surface area contributed by atoms with Crippen LogP contribution < -0.4 is 0 Å². The minimum Gasteiger partial charge on any atom is -0.481 e. The van der Waals surface area contributed by atoms with E-state index < -0.39 is 22.9 Å². The van der Waals surface area contributed by atoms with Crippen molar-refractivity contribution in [1.82, 2.24) is 4.90 Å². The van der Waals surface area contributed by atoms with E-state index >= 15 is 0 Å². The number of hydrogen-bond acceptors (Lipinski definition) is 3. The van der Waals surface area contributed by atoms with Gasteiger partial charge in [-0.15, -0.1) is 11.3 Å². The monoisotopic (exact) mass is 281 g/mol. The molecule has 1 rings (SSSR count). The molecular weight excluding hydrogens is 271 g/mol. The van der Waals surface area contributed by atoms with E-state index in [0.717, 1.165) is 16.3 Å². The highest BCUT2D eigenvalue weighted by atomic mass is 32.1. The lowest BCUT2D eigenvalue weighted by Gasteiger charge is -2.14. The third kappa shape index (κ3) is 3.73. The number of amides is 1. The zero-order chi connectivity index (χ0) is 13.9. The number of alkyl halides is 3. The van der Waals surface area contributed by atoms with Gasteiger partial charge in [0.15, 0.2) is 0 Å². The molecule has 1 N–H and O–H groups in total. The van der Waals surface area contributed by atoms with E-state index in [4.69, 9.17) is 5.11 Å². The maximum absolute atomic E-state index is 12.3. The molecule has 4 nitrogen and oxygen atoms in total. The van der Waals surface area contributed by atoms with Crippen LogP contribution in [0.4, 0.5) is 13.2 Å². The SMILES string of the molecule is CN(CCC(=O)O)C(=O)c1csc(C(F)(F)F)c1. The summed E-state index contributed by atoms with van der Waals surface area (Å²) < 4.78 is 37.0. The molecule has 0 aromatic carbocycles. The predicted octanol–water partition coefficient (Wildman–Crippen LogP) is 2.31. The smallest absolute Gasteiger partial charge is 0.425 e. The molecule has 0 fully saturated rings. The van der Waals surface area contributed by atoms with Gasteiger partial charge in [0.05, 0.1) is 12.0 Å². The minimum atomic E-state index is -4.47. The molecule has 1 heterocycles. The van der Waals surface area contributed by atoms with E-state index in [1.165, 1.54) is 7.05 Å². The minimum absolute atomic E-state index is 0.0502. The number of thiophene rings is 1. The topological polar surface area (TPSA) is 57.6 Å². The number of aliphatic carboxylic acids is 1. The molecule has 0 saturated carbocycles. The van der Waals surface area contributed by atoms with Crippen LogP contribution in [0, 0.1) is 0 Å². The van der Waals surface area contributed by atoms with Gasteiger partial charge in [-0.2, -0.15) is 13.2 Å². The molecule has 0 atom stereocenters. The van der Waals surface area contributed by atoms with E-state index in [0.29, 0.717) is 11.3 Å². The maximum atomic E-state index is 12.3. The average molecular weight is 281 g/mol. The molecule has 0 unspecified atom stereocenters. The van der Waals surface area contributed by atoms with Crippen LogP contribution in [0.15, 0.2) is 11.4 Å². The van der Waals surface area contributed by atoms with E-state index in [9.17, 15) is 22.8 Å². The second-order valence-electron chi connectivity index (χ2n) is 3.57. The molecule has 1 aromatic rings. The molecule has 8 heteroatoms. The van der Waals surface area contributed by atoms with Gasteiger partial charge in [-0.25, -0.2) is 0 Å². The quantitative estimate of drug-likeness (QED) is 0.921. The average Bonchev–Trinajstić information content (AvgIpc) is 2.73. The molecule has 0 bridgehead atoms. The number of carboxylic acids is 1. The Bertz CT molecular complexity index is 455. The predicted molar refractivity (Wildman–Crippen MR) is 58.5 cm³/mol. The number of hydrogen-bond donors (Lipinski definition) is 1. The van der Waals surface area contributed by atoms with E-state index in [2.05, 4.69) is 0 Å². The third-order valence-corrected chi connectivity index (χ3v) is 3.11. The van der Waals surface area contributed by atoms with E-state index in [1.807, 2.05) is 0 Å². The number of halogens is 3. The van der Waals surface area contributed by atoms with Gasteiger partial charge in [-0.05, 0) is 6.07 Å². The lowest BCUT2D eigenvalue weighted by atomic mass is 10.2. The van der Waals surface area contributed by atoms with Crippen molar-refractivity contribution < 1.29 is 27.9 Å². The second kappa shape index (κ2) is 5.38. The standard InChI is InChI=1S/C10H10F3NO3S/c1-14(3-2-8(15)16)9(17)6-4-7(18-5-6)10(11,12)13/h4-5H,2-3H2,1H3,(H,15,16). The lowest BCUT2D eigenvalue weighted by Crippen LogP contribution is -2.28. The number of carbonyl (C=O) groups excluding carboxylic acids is 1. The molecule has 0 radical (unpaired) electrons. The number of rotatable bonds is 4. The van der Waals surface area contributed by atoms with Gasteiger partial charge in [0.2, 0.25) is 0 Å². The highest BCUT2D eigenvalue weighted by Crippen LogP contribution is 2.34. The van der Waals surface area contributed by atoms with Crippen LogP contribution in [0.5, 0.6) is 0 Å². The lowest BCUT2D eigenvalue weighted by molar-refractivity contribution is -0.137. The van der Waals surface area contributed by atoms with Crippen molar-refractivity contribution in [3.8, 4) is 0 Å². The molecule has 1 aromatic heterocycles. The van der Waals surface area contributed by atoms with Gasteiger partial charge >= 0.3 is 12.1 Å². The summed E-state index contributed by atoms with van der Waals surface area (Å²) in [7, 11) is 1.34. The van der Waals surface area contributed by atoms with Crippen LogP contribution in [-0.2, 0) is 11.0 Å². The first-order chi connectivity index (χ1) is 8.21. The highest BCUT2D eigenvalue weighted by molar-refractivity contribution is 7.10. The van der Waals surface area contributed by atoms with Gasteiger partial charge in [-0.3, -0.25) is 9.59 Å². The van der Waals surface area contributed by atoms with E-state index in [-0.39, 0.29) is 18.5 Å². The van der Waals surface area contributed by atoms with Crippen molar-refractivity contribution in [2.75, 3.05) is 13.6 Å². The Morgan fingerprint density at radius 3 is 2.50 bits per heavy atom. The van der Waals surface area contributed by atoms with Crippen LogP contribution in [0.2, 0.25) is 0 Å². The summed E-state index contributed by atoms with van der Waals surface area (Å²) in [5.41, 5.74) is -0.0831. The summed E-state index contributed by atoms with van der Waals surface area (Å²) in [6, 6.07) is 0.768. The van der Waals surface area contributed by atoms with Crippen LogP contribution in [0.3, 0.4) is 0 Å². The van der Waals surface area contributed by atoms with Gasteiger partial charge in [0.1, 0.15) is 4.88 Å². The summed E-state index contributed by atoms with van der Waals surface area (Å²) >= 11 is 0.438. The summed E-state index contributed by atoms with van der Waals surface area (Å²) in [5.74, 6) is -1.70. The Morgan fingerprint density at radius 1 is 1.44 bits per heavy atom. The Balaban J connectivity index is 2.72. The van der Waals surface area contributed by atoms with Crippen LogP contribution in [0.1, 0.15) is 21.7 Å². The maximum Gasteiger partial charge on any atom is 0.425 e. The van der Waals surface area contributed by atoms with Crippen molar-refractivity contribution in [3.63, 3.8) is 0 Å². The summed E-state index contributed by atoms with van der Waals surface area (Å²) in [4.78, 5) is 22.2. The first-order valence-corrected chi connectivity index (χ1v) is 5.72. The summed E-state index contributed by atoms with van der Waals surface area (Å²) in [6.45, 7) is -0.0502. The van der Waals surface area contributed by atoms with Crippen LogP contribution in [-0.4, -0.2) is 35.5 Å². The zero-order valence-corrected chi connectivity index (χ0v) is 10.1. The fraction of sp³-hybridized carbons (Fsp3) is 0.400. The second-order valence-corrected chi connectivity index (χ2v) is 4.48. The van der Waals surface area contributed by atoms with Gasteiger partial charge in [-0.1, -0.05) is 0 Å². The van der Waals surface area contributed by atoms with Crippen LogP contribution in [0.25, 0.3) is 0 Å². The highest BCUT2D eigenvalue weighted by Gasteiger charge is 2.33. The molecular formula is C10H10F3NO3S. The normalized spacial score (nSPS) is 11.3. The molecule has 0 saturated heterocycles. The number of carboxylic acid groups (broad SMARTS) is 1. The van der Waals surface area contributed by atoms with Gasteiger partial charge in [0, 0.05) is 19.0 Å². The number of nitrogens with zero attached hydrogens (tertiary/aromatic N) is 1. The van der Waals surface area contributed by atoms with Gasteiger partial charge < -0.3 is 10.0 Å². The summed E-state index contributed by atoms with van der Waals surface area (Å²) in [6.07, 6.45) is -4.72. The van der Waals surface area contributed by atoms with Crippen molar-refractivity contribution in [2.45, 2.75) is 12.6 Å². The van der Waals surface area contributed by atoms with Crippen molar-refractivity contribution in [3.05, 3.63) is 21.9 Å². The number of carbonyl (C=O) groups is 2. The first kappa shape index (κ1) is 14.5. The largest absolute Gasteiger partial charge is 0.481 e. The fourth-order valence-corrected chi connectivity index (χ4v) is 1.93. The molecule has 100 valence electrons. The Labute approximate surface area is 105 Å². The molecule has 0 aliphatic carbocycles. The van der Waals surface area contributed by atoms with Crippen molar-refractivity contribution in [2.24, 2.45) is 0 Å². The first-order valence-electron chi connectivity index (χ1n) is 4.85. The van der Waals surface area contributed by atoms with Gasteiger partial charge in [0.25, 0.3) is 5.91 Å². The van der Waals surface area contributed by atoms with Crippen molar-refractivity contribution >= 4 is 23.2 Å². The third-order valence-electron chi connectivity index (χ3n) is 2.13. The van der Waals surface area contributed by atoms with E-state index in [1.54, 1.807) is 0 Å². The molecule has 1 amide bonds.